The molecule has 2 heterocycles. The fourth-order valence-corrected chi connectivity index (χ4v) is 5.64. The zero-order valence-corrected chi connectivity index (χ0v) is 18.8. The molecule has 0 saturated carbocycles. The van der Waals surface area contributed by atoms with Crippen molar-refractivity contribution in [1.82, 2.24) is 0 Å². The first-order valence-electron chi connectivity index (χ1n) is 10.6. The molecule has 0 radical (unpaired) electrons. The number of carbonyl (C=O) groups is 1. The fourth-order valence-electron chi connectivity index (χ4n) is 4.09. The number of nitrogens with one attached hydrogen (secondary N) is 1. The normalized spacial score (nSPS) is 13.5. The number of para-hydroxylation sites is 1. The topological polar surface area (TPSA) is 88.9 Å². The number of carbonyl (C=O) groups excluding carboxylic acids is 1. The first-order valence-corrected chi connectivity index (χ1v) is 12.0. The van der Waals surface area contributed by atoms with E-state index < -0.39 is 15.9 Å². The van der Waals surface area contributed by atoms with E-state index in [-0.39, 0.29) is 10.7 Å². The minimum absolute atomic E-state index is 0.140. The van der Waals surface area contributed by atoms with Crippen LogP contribution in [0.1, 0.15) is 22.5 Å². The number of nitrogens with zero attached hydrogens (tertiary/aromatic N) is 1. The molecule has 5 rings (SSSR count). The molecule has 0 unspecified atom stereocenters. The van der Waals surface area contributed by atoms with Crippen LogP contribution in [-0.2, 0) is 16.4 Å². The molecule has 168 valence electrons. The van der Waals surface area contributed by atoms with Crippen LogP contribution in [0.15, 0.2) is 82.1 Å². The minimum Gasteiger partial charge on any atom is -0.493 e. The van der Waals surface area contributed by atoms with Crippen molar-refractivity contribution >= 4 is 38.3 Å². The third-order valence-electron chi connectivity index (χ3n) is 5.70. The number of furan rings is 1. The van der Waals surface area contributed by atoms with Gasteiger partial charge in [-0.2, -0.15) is 0 Å². The van der Waals surface area contributed by atoms with E-state index in [9.17, 15) is 13.2 Å². The molecule has 0 spiro atoms. The fraction of sp³-hybridized carbons (Fsp3) is 0.160. The molecular weight excluding hydrogens is 440 g/mol. The first-order chi connectivity index (χ1) is 16.0. The summed E-state index contributed by atoms with van der Waals surface area (Å²) in [7, 11) is -2.17. The molecule has 1 aliphatic rings. The van der Waals surface area contributed by atoms with Gasteiger partial charge in [-0.3, -0.25) is 9.10 Å². The summed E-state index contributed by atoms with van der Waals surface area (Å²) in [5, 5.41) is 3.58. The minimum atomic E-state index is -3.71. The molecule has 3 aromatic carbocycles. The number of sulfonamides is 1. The third kappa shape index (κ3) is 3.82. The summed E-state index contributed by atoms with van der Waals surface area (Å²) >= 11 is 0. The van der Waals surface area contributed by atoms with E-state index in [1.165, 1.54) is 4.31 Å². The van der Waals surface area contributed by atoms with Gasteiger partial charge in [-0.15, -0.1) is 0 Å². The van der Waals surface area contributed by atoms with E-state index in [4.69, 9.17) is 9.15 Å². The monoisotopic (exact) mass is 462 g/mol. The zero-order valence-electron chi connectivity index (χ0n) is 17.9. The van der Waals surface area contributed by atoms with Crippen LogP contribution >= 0.6 is 0 Å². The van der Waals surface area contributed by atoms with Crippen molar-refractivity contribution in [3.8, 4) is 5.75 Å². The highest BCUT2D eigenvalue weighted by Gasteiger charge is 2.29. The lowest BCUT2D eigenvalue weighted by Crippen LogP contribution is -2.35. The van der Waals surface area contributed by atoms with Crippen molar-refractivity contribution in [3.63, 3.8) is 0 Å². The molecule has 1 aliphatic heterocycles. The molecule has 1 amide bonds. The van der Waals surface area contributed by atoms with Gasteiger partial charge in [0.15, 0.2) is 17.1 Å². The van der Waals surface area contributed by atoms with Gasteiger partial charge in [-0.25, -0.2) is 8.42 Å². The van der Waals surface area contributed by atoms with Crippen LogP contribution in [0.4, 0.5) is 11.4 Å². The maximum absolute atomic E-state index is 13.3. The van der Waals surface area contributed by atoms with Gasteiger partial charge in [-0.05, 0) is 54.8 Å². The lowest BCUT2D eigenvalue weighted by Gasteiger charge is -2.31. The number of fused-ring (bicyclic) bond motifs is 2. The van der Waals surface area contributed by atoms with Gasteiger partial charge in [0.1, 0.15) is 0 Å². The maximum atomic E-state index is 13.3. The highest BCUT2D eigenvalue weighted by atomic mass is 32.2. The van der Waals surface area contributed by atoms with Crippen LogP contribution in [0.2, 0.25) is 0 Å². The molecule has 7 nitrogen and oxygen atoms in total. The Balaban J connectivity index is 1.46. The number of amides is 1. The van der Waals surface area contributed by atoms with Crippen LogP contribution in [0.3, 0.4) is 0 Å². The average molecular weight is 463 g/mol. The predicted octanol–water partition coefficient (Wildman–Crippen LogP) is 4.84. The molecule has 0 saturated heterocycles. The number of hydrogen-bond acceptors (Lipinski definition) is 5. The Morgan fingerprint density at radius 3 is 2.64 bits per heavy atom. The molecule has 33 heavy (non-hydrogen) atoms. The van der Waals surface area contributed by atoms with Gasteiger partial charge in [0.2, 0.25) is 0 Å². The van der Waals surface area contributed by atoms with Crippen LogP contribution in [0.5, 0.6) is 5.75 Å². The summed E-state index contributed by atoms with van der Waals surface area (Å²) in [4.78, 5) is 13.1. The Hall–Kier alpha value is -3.78. The van der Waals surface area contributed by atoms with Gasteiger partial charge in [0.05, 0.1) is 17.7 Å². The summed E-state index contributed by atoms with van der Waals surface area (Å²) in [6.07, 6.45) is 1.50. The quantitative estimate of drug-likeness (QED) is 0.459. The molecule has 4 aromatic rings. The molecule has 1 aromatic heterocycles. The summed E-state index contributed by atoms with van der Waals surface area (Å²) < 4.78 is 39.0. The second-order valence-corrected chi connectivity index (χ2v) is 9.64. The highest BCUT2D eigenvalue weighted by molar-refractivity contribution is 7.92. The lowest BCUT2D eigenvalue weighted by atomic mass is 10.0. The molecular formula is C25H22N2O5S. The molecule has 8 heteroatoms. The summed E-state index contributed by atoms with van der Waals surface area (Å²) in [5.74, 6) is 0.254. The number of anilines is 2. The molecule has 0 atom stereocenters. The largest absolute Gasteiger partial charge is 0.493 e. The summed E-state index contributed by atoms with van der Waals surface area (Å²) in [5.41, 5.74) is 2.48. The first kappa shape index (κ1) is 21.1. The SMILES string of the molecule is COc1cccc2cc(C(=O)Nc3ccc4c(c3)N(S(=O)(=O)c3ccccc3)CCC4)oc12. The van der Waals surface area contributed by atoms with Crippen LogP contribution in [0.25, 0.3) is 11.0 Å². The van der Waals surface area contributed by atoms with E-state index >= 15 is 0 Å². The average Bonchev–Trinajstić information content (AvgIpc) is 3.29. The number of methoxy groups -OCH3 is 1. The van der Waals surface area contributed by atoms with E-state index in [2.05, 4.69) is 5.32 Å². The molecule has 0 aliphatic carbocycles. The number of rotatable bonds is 5. The number of aryl methyl sites for hydroxylation is 1. The Morgan fingerprint density at radius 2 is 1.85 bits per heavy atom. The second-order valence-electron chi connectivity index (χ2n) is 7.78. The van der Waals surface area contributed by atoms with E-state index in [1.807, 2.05) is 18.2 Å². The van der Waals surface area contributed by atoms with Gasteiger partial charge in [0, 0.05) is 17.6 Å². The summed E-state index contributed by atoms with van der Waals surface area (Å²) in [6, 6.07) is 20.8. The van der Waals surface area contributed by atoms with Crippen molar-refractivity contribution in [2.24, 2.45) is 0 Å². The van der Waals surface area contributed by atoms with Crippen LogP contribution in [-0.4, -0.2) is 28.0 Å². The Labute approximate surface area is 191 Å². The van der Waals surface area contributed by atoms with Crippen LogP contribution in [0, 0.1) is 0 Å². The van der Waals surface area contributed by atoms with Gasteiger partial charge in [-0.1, -0.05) is 36.4 Å². The standard InChI is InChI=1S/C25H22N2O5S/c1-31-22-11-5-7-18-15-23(32-24(18)22)25(28)26-19-13-12-17-8-6-14-27(21(17)16-19)33(29,30)20-9-3-2-4-10-20/h2-5,7,9-13,15-16H,6,8,14H2,1H3,(H,26,28). The van der Waals surface area contributed by atoms with Crippen molar-refractivity contribution in [2.75, 3.05) is 23.3 Å². The number of benzene rings is 3. The maximum Gasteiger partial charge on any atom is 0.291 e. The van der Waals surface area contributed by atoms with E-state index in [0.29, 0.717) is 29.3 Å². The predicted molar refractivity (Wildman–Crippen MR) is 126 cm³/mol. The van der Waals surface area contributed by atoms with Gasteiger partial charge in [0.25, 0.3) is 15.9 Å². The molecule has 0 fully saturated rings. The van der Waals surface area contributed by atoms with Crippen molar-refractivity contribution in [2.45, 2.75) is 17.7 Å². The lowest BCUT2D eigenvalue weighted by molar-refractivity contribution is 0.0998. The van der Waals surface area contributed by atoms with Crippen molar-refractivity contribution < 1.29 is 22.4 Å². The van der Waals surface area contributed by atoms with Crippen LogP contribution < -0.4 is 14.4 Å². The third-order valence-corrected chi connectivity index (χ3v) is 7.53. The molecule has 0 bridgehead atoms. The second kappa shape index (κ2) is 8.29. The zero-order chi connectivity index (χ0) is 23.0. The van der Waals surface area contributed by atoms with E-state index in [1.54, 1.807) is 61.7 Å². The van der Waals surface area contributed by atoms with Crippen molar-refractivity contribution in [1.29, 1.82) is 0 Å². The number of hydrogen-bond donors (Lipinski definition) is 1. The van der Waals surface area contributed by atoms with Crippen molar-refractivity contribution in [3.05, 3.63) is 84.1 Å². The molecule has 1 N–H and O–H groups in total. The number of ether oxygens (including phenoxy) is 1. The highest BCUT2D eigenvalue weighted by Crippen LogP contribution is 2.34. The van der Waals surface area contributed by atoms with E-state index in [0.717, 1.165) is 23.8 Å². The smallest absolute Gasteiger partial charge is 0.291 e. The van der Waals surface area contributed by atoms with Gasteiger partial charge < -0.3 is 14.5 Å². The Bertz CT molecular complexity index is 1440. The Morgan fingerprint density at radius 1 is 1.03 bits per heavy atom. The Kier molecular flexibility index (Phi) is 5.30. The van der Waals surface area contributed by atoms with Gasteiger partial charge >= 0.3 is 0 Å². The summed E-state index contributed by atoms with van der Waals surface area (Å²) in [6.45, 7) is 0.380.